The SMILES string of the molecule is CCNC(=O)c1noc(-c2nn(Cc3ccccc3F)c3ncccc23)n1. The van der Waals surface area contributed by atoms with E-state index in [2.05, 4.69) is 25.5 Å². The lowest BCUT2D eigenvalue weighted by Gasteiger charge is -2.04. The van der Waals surface area contributed by atoms with Gasteiger partial charge in [-0.2, -0.15) is 10.1 Å². The number of fused-ring (bicyclic) bond motifs is 1. The van der Waals surface area contributed by atoms with Gasteiger partial charge in [-0.05, 0) is 25.1 Å². The van der Waals surface area contributed by atoms with Crippen molar-refractivity contribution < 1.29 is 13.7 Å². The Bertz CT molecular complexity index is 1120. The molecule has 1 aromatic carbocycles. The molecule has 8 nitrogen and oxygen atoms in total. The maximum Gasteiger partial charge on any atom is 0.292 e. The summed E-state index contributed by atoms with van der Waals surface area (Å²) in [6.45, 7) is 2.44. The van der Waals surface area contributed by atoms with Gasteiger partial charge in [0.1, 0.15) is 5.82 Å². The average Bonchev–Trinajstić information content (AvgIpc) is 3.29. The minimum atomic E-state index is -0.430. The lowest BCUT2D eigenvalue weighted by molar-refractivity contribution is 0.0942. The van der Waals surface area contributed by atoms with Crippen LogP contribution in [0.4, 0.5) is 4.39 Å². The van der Waals surface area contributed by atoms with Crippen LogP contribution in [0.25, 0.3) is 22.6 Å². The van der Waals surface area contributed by atoms with Gasteiger partial charge in [0.05, 0.1) is 11.9 Å². The molecular formula is C18H15FN6O2. The molecule has 9 heteroatoms. The molecule has 1 amide bonds. The van der Waals surface area contributed by atoms with E-state index < -0.39 is 5.91 Å². The molecule has 3 aromatic heterocycles. The third-order valence-corrected chi connectivity index (χ3v) is 3.95. The van der Waals surface area contributed by atoms with Gasteiger partial charge in [0.2, 0.25) is 0 Å². The highest BCUT2D eigenvalue weighted by Crippen LogP contribution is 2.26. The Morgan fingerprint density at radius 1 is 1.26 bits per heavy atom. The molecule has 4 rings (SSSR count). The average molecular weight is 366 g/mol. The van der Waals surface area contributed by atoms with Crippen LogP contribution in [0.3, 0.4) is 0 Å². The van der Waals surface area contributed by atoms with E-state index in [0.29, 0.717) is 28.8 Å². The smallest absolute Gasteiger partial charge is 0.292 e. The van der Waals surface area contributed by atoms with Crippen LogP contribution in [0.5, 0.6) is 0 Å². The Labute approximate surface area is 153 Å². The van der Waals surface area contributed by atoms with Crippen molar-refractivity contribution in [1.82, 2.24) is 30.2 Å². The van der Waals surface area contributed by atoms with Gasteiger partial charge in [0.15, 0.2) is 11.3 Å². The summed E-state index contributed by atoms with van der Waals surface area (Å²) in [5.74, 6) is -0.732. The minimum Gasteiger partial charge on any atom is -0.349 e. The zero-order chi connectivity index (χ0) is 18.8. The molecule has 0 aliphatic carbocycles. The number of hydrogen-bond acceptors (Lipinski definition) is 6. The molecule has 4 aromatic rings. The van der Waals surface area contributed by atoms with E-state index in [4.69, 9.17) is 4.52 Å². The third kappa shape index (κ3) is 3.14. The second kappa shape index (κ2) is 6.94. The third-order valence-electron chi connectivity index (χ3n) is 3.95. The molecule has 0 spiro atoms. The Kier molecular flexibility index (Phi) is 4.33. The molecular weight excluding hydrogens is 351 g/mol. The molecule has 0 aliphatic rings. The second-order valence-corrected chi connectivity index (χ2v) is 5.75. The quantitative estimate of drug-likeness (QED) is 0.582. The van der Waals surface area contributed by atoms with Gasteiger partial charge in [-0.15, -0.1) is 0 Å². The number of nitrogens with one attached hydrogen (secondary N) is 1. The normalized spacial score (nSPS) is 11.0. The molecule has 1 N–H and O–H groups in total. The summed E-state index contributed by atoms with van der Waals surface area (Å²) in [6, 6.07) is 10.0. The number of rotatable bonds is 5. The molecule has 27 heavy (non-hydrogen) atoms. The van der Waals surface area contributed by atoms with Crippen molar-refractivity contribution in [3.8, 4) is 11.6 Å². The number of hydrogen-bond donors (Lipinski definition) is 1. The molecule has 0 bridgehead atoms. The maximum absolute atomic E-state index is 14.0. The van der Waals surface area contributed by atoms with Crippen LogP contribution in [0.1, 0.15) is 23.1 Å². The summed E-state index contributed by atoms with van der Waals surface area (Å²) in [5, 5.41) is 11.4. The highest BCUT2D eigenvalue weighted by Gasteiger charge is 2.21. The van der Waals surface area contributed by atoms with Crippen LogP contribution in [-0.4, -0.2) is 37.4 Å². The van der Waals surface area contributed by atoms with Gasteiger partial charge >= 0.3 is 0 Å². The van der Waals surface area contributed by atoms with E-state index in [0.717, 1.165) is 0 Å². The first kappa shape index (κ1) is 16.8. The molecule has 0 aliphatic heterocycles. The van der Waals surface area contributed by atoms with Gasteiger partial charge in [-0.1, -0.05) is 23.4 Å². The molecule has 0 unspecified atom stereocenters. The summed E-state index contributed by atoms with van der Waals surface area (Å²) >= 11 is 0. The number of benzene rings is 1. The lowest BCUT2D eigenvalue weighted by atomic mass is 10.2. The molecule has 136 valence electrons. The first-order valence-corrected chi connectivity index (χ1v) is 8.34. The van der Waals surface area contributed by atoms with Crippen molar-refractivity contribution in [2.45, 2.75) is 13.5 Å². The fourth-order valence-corrected chi connectivity index (χ4v) is 2.72. The highest BCUT2D eigenvalue weighted by atomic mass is 19.1. The molecule has 0 atom stereocenters. The standard InChI is InChI=1S/C18H15FN6O2/c1-2-20-17(26)15-22-18(27-24-15)14-12-7-5-9-21-16(12)25(23-14)10-11-6-3-4-8-13(11)19/h3-9H,2,10H2,1H3,(H,20,26). The predicted octanol–water partition coefficient (Wildman–Crippen LogP) is 2.42. The van der Waals surface area contributed by atoms with Gasteiger partial charge in [0.25, 0.3) is 17.6 Å². The fourth-order valence-electron chi connectivity index (χ4n) is 2.72. The molecule has 0 saturated heterocycles. The van der Waals surface area contributed by atoms with E-state index >= 15 is 0 Å². The topological polar surface area (TPSA) is 98.7 Å². The van der Waals surface area contributed by atoms with E-state index in [1.165, 1.54) is 6.07 Å². The fraction of sp³-hybridized carbons (Fsp3) is 0.167. The van der Waals surface area contributed by atoms with E-state index in [9.17, 15) is 9.18 Å². The lowest BCUT2D eigenvalue weighted by Crippen LogP contribution is -2.23. The number of carbonyl (C=O) groups excluding carboxylic acids is 1. The number of carbonyl (C=O) groups is 1. The number of nitrogens with zero attached hydrogens (tertiary/aromatic N) is 5. The first-order chi connectivity index (χ1) is 13.2. The van der Waals surface area contributed by atoms with Gasteiger partial charge in [-0.25, -0.2) is 14.1 Å². The molecule has 0 fully saturated rings. The monoisotopic (exact) mass is 366 g/mol. The van der Waals surface area contributed by atoms with E-state index in [1.54, 1.807) is 48.1 Å². The highest BCUT2D eigenvalue weighted by molar-refractivity contribution is 5.92. The van der Waals surface area contributed by atoms with Crippen LogP contribution < -0.4 is 5.32 Å². The maximum atomic E-state index is 14.0. The second-order valence-electron chi connectivity index (χ2n) is 5.75. The van der Waals surface area contributed by atoms with E-state index in [-0.39, 0.29) is 24.1 Å². The number of pyridine rings is 1. The van der Waals surface area contributed by atoms with Crippen molar-refractivity contribution in [1.29, 1.82) is 0 Å². The molecule has 0 radical (unpaired) electrons. The summed E-state index contributed by atoms with van der Waals surface area (Å²) in [6.07, 6.45) is 1.62. The zero-order valence-electron chi connectivity index (χ0n) is 14.4. The van der Waals surface area contributed by atoms with Crippen LogP contribution in [0, 0.1) is 5.82 Å². The molecule has 3 heterocycles. The Morgan fingerprint density at radius 2 is 2.11 bits per heavy atom. The number of halogens is 1. The summed E-state index contributed by atoms with van der Waals surface area (Å²) in [7, 11) is 0. The zero-order valence-corrected chi connectivity index (χ0v) is 14.4. The Hall–Kier alpha value is -3.62. The van der Waals surface area contributed by atoms with Gasteiger partial charge in [-0.3, -0.25) is 4.79 Å². The van der Waals surface area contributed by atoms with Gasteiger partial charge in [0, 0.05) is 18.3 Å². The summed E-state index contributed by atoms with van der Waals surface area (Å²) in [5.41, 5.74) is 1.42. The van der Waals surface area contributed by atoms with Gasteiger partial charge < -0.3 is 9.84 Å². The van der Waals surface area contributed by atoms with Crippen LogP contribution in [-0.2, 0) is 6.54 Å². The van der Waals surface area contributed by atoms with E-state index in [1.807, 2.05) is 0 Å². The first-order valence-electron chi connectivity index (χ1n) is 8.34. The summed E-state index contributed by atoms with van der Waals surface area (Å²) < 4.78 is 20.8. The van der Waals surface area contributed by atoms with Crippen molar-refractivity contribution in [3.05, 3.63) is 59.8 Å². The number of aromatic nitrogens is 5. The van der Waals surface area contributed by atoms with Crippen LogP contribution in [0.15, 0.2) is 47.1 Å². The largest absolute Gasteiger partial charge is 0.349 e. The van der Waals surface area contributed by atoms with Crippen molar-refractivity contribution in [2.75, 3.05) is 6.54 Å². The predicted molar refractivity (Wildman–Crippen MR) is 94.3 cm³/mol. The Balaban J connectivity index is 1.76. The summed E-state index contributed by atoms with van der Waals surface area (Å²) in [4.78, 5) is 20.3. The Morgan fingerprint density at radius 3 is 2.93 bits per heavy atom. The van der Waals surface area contributed by atoms with Crippen molar-refractivity contribution >= 4 is 16.9 Å². The van der Waals surface area contributed by atoms with Crippen molar-refractivity contribution in [3.63, 3.8) is 0 Å². The van der Waals surface area contributed by atoms with Crippen LogP contribution in [0.2, 0.25) is 0 Å². The number of amides is 1. The minimum absolute atomic E-state index is 0.0763. The molecule has 0 saturated carbocycles. The van der Waals surface area contributed by atoms with Crippen molar-refractivity contribution in [2.24, 2.45) is 0 Å². The van der Waals surface area contributed by atoms with Crippen LogP contribution >= 0.6 is 0 Å².